The van der Waals surface area contributed by atoms with Crippen LogP contribution in [0.4, 0.5) is 0 Å². The lowest BCUT2D eigenvalue weighted by Gasteiger charge is -2.28. The summed E-state index contributed by atoms with van der Waals surface area (Å²) in [4.78, 5) is 27.7. The van der Waals surface area contributed by atoms with Crippen LogP contribution in [-0.2, 0) is 11.2 Å². The van der Waals surface area contributed by atoms with Crippen LogP contribution in [0, 0.1) is 5.41 Å². The lowest BCUT2D eigenvalue weighted by molar-refractivity contribution is -0.129. The third kappa shape index (κ3) is 3.99. The molecule has 0 aromatic heterocycles. The first-order valence-electron chi connectivity index (χ1n) is 10.3. The highest BCUT2D eigenvalue weighted by Crippen LogP contribution is 2.36. The molecule has 0 bridgehead atoms. The van der Waals surface area contributed by atoms with Crippen LogP contribution in [-0.4, -0.2) is 36.9 Å². The van der Waals surface area contributed by atoms with Gasteiger partial charge in [-0.2, -0.15) is 0 Å². The van der Waals surface area contributed by atoms with E-state index in [0.717, 1.165) is 16.7 Å². The minimum atomic E-state index is -0.617. The highest BCUT2D eigenvalue weighted by Gasteiger charge is 2.45. The molecular formula is C26H26N2O2. The Hall–Kier alpha value is -3.40. The molecule has 1 saturated heterocycles. The summed E-state index contributed by atoms with van der Waals surface area (Å²) in [7, 11) is 1.67. The summed E-state index contributed by atoms with van der Waals surface area (Å²) in [5.74, 6) is -0.0182. The lowest BCUT2D eigenvalue weighted by Crippen LogP contribution is -2.44. The fourth-order valence-corrected chi connectivity index (χ4v) is 4.37. The van der Waals surface area contributed by atoms with E-state index in [-0.39, 0.29) is 11.8 Å². The van der Waals surface area contributed by atoms with Crippen molar-refractivity contribution >= 4 is 11.8 Å². The van der Waals surface area contributed by atoms with Crippen molar-refractivity contribution < 1.29 is 9.59 Å². The summed E-state index contributed by atoms with van der Waals surface area (Å²) in [5.41, 5.74) is 3.44. The number of carbonyl (C=O) groups excluding carboxylic acids is 2. The van der Waals surface area contributed by atoms with Gasteiger partial charge in [-0.15, -0.1) is 0 Å². The zero-order valence-corrected chi connectivity index (χ0v) is 17.2. The number of nitrogens with zero attached hydrogens (tertiary/aromatic N) is 1. The molecule has 0 saturated carbocycles. The summed E-state index contributed by atoms with van der Waals surface area (Å²) in [5, 5.41) is 2.84. The number of hydrogen-bond donors (Lipinski definition) is 1. The van der Waals surface area contributed by atoms with E-state index in [1.54, 1.807) is 7.05 Å². The SMILES string of the molecule is CNC(=O)C1(Cc2cccc(-c3ccccc3)c2)CCN(C(=O)c2ccccc2)C1. The molecule has 0 aliphatic carbocycles. The van der Waals surface area contributed by atoms with Crippen molar-refractivity contribution in [1.29, 1.82) is 0 Å². The van der Waals surface area contributed by atoms with Crippen LogP contribution in [0.1, 0.15) is 22.3 Å². The summed E-state index contributed by atoms with van der Waals surface area (Å²) in [6.07, 6.45) is 1.26. The number of carbonyl (C=O) groups is 2. The van der Waals surface area contributed by atoms with E-state index in [1.807, 2.05) is 59.5 Å². The predicted octanol–water partition coefficient (Wildman–Crippen LogP) is 4.17. The van der Waals surface area contributed by atoms with Crippen molar-refractivity contribution in [2.45, 2.75) is 12.8 Å². The van der Waals surface area contributed by atoms with Crippen molar-refractivity contribution in [2.75, 3.05) is 20.1 Å². The fraction of sp³-hybridized carbons (Fsp3) is 0.231. The standard InChI is InChI=1S/C26H26N2O2/c1-27-25(30)26(15-16-28(19-26)24(29)22-12-6-3-7-13-22)18-20-9-8-14-23(17-20)21-10-4-2-5-11-21/h2-14,17H,15-16,18-19H2,1H3,(H,27,30). The molecule has 0 radical (unpaired) electrons. The molecule has 2 amide bonds. The normalized spacial score (nSPS) is 18.2. The zero-order chi connectivity index (χ0) is 21.0. The van der Waals surface area contributed by atoms with Gasteiger partial charge in [0.25, 0.3) is 5.91 Å². The van der Waals surface area contributed by atoms with Gasteiger partial charge in [0.2, 0.25) is 5.91 Å². The van der Waals surface area contributed by atoms with Gasteiger partial charge in [-0.3, -0.25) is 9.59 Å². The van der Waals surface area contributed by atoms with Gasteiger partial charge in [0, 0.05) is 25.7 Å². The van der Waals surface area contributed by atoms with E-state index in [1.165, 1.54) is 0 Å². The van der Waals surface area contributed by atoms with Crippen molar-refractivity contribution in [3.63, 3.8) is 0 Å². The molecule has 4 heteroatoms. The van der Waals surface area contributed by atoms with Crippen molar-refractivity contribution in [3.05, 3.63) is 96.1 Å². The molecule has 1 aliphatic heterocycles. The molecule has 1 atom stereocenters. The Kier molecular flexibility index (Phi) is 5.66. The summed E-state index contributed by atoms with van der Waals surface area (Å²) in [6.45, 7) is 1.01. The Morgan fingerprint density at radius 1 is 0.900 bits per heavy atom. The molecule has 0 spiro atoms. The number of likely N-dealkylation sites (tertiary alicyclic amines) is 1. The van der Waals surface area contributed by atoms with E-state index in [9.17, 15) is 9.59 Å². The molecule has 4 nitrogen and oxygen atoms in total. The molecule has 1 fully saturated rings. The van der Waals surface area contributed by atoms with Crippen LogP contribution in [0.15, 0.2) is 84.9 Å². The topological polar surface area (TPSA) is 49.4 Å². The second-order valence-electron chi connectivity index (χ2n) is 7.95. The van der Waals surface area contributed by atoms with Crippen LogP contribution in [0.2, 0.25) is 0 Å². The lowest BCUT2D eigenvalue weighted by atomic mass is 9.79. The van der Waals surface area contributed by atoms with Crippen molar-refractivity contribution in [2.24, 2.45) is 5.41 Å². The molecule has 1 unspecified atom stereocenters. The molecular weight excluding hydrogens is 372 g/mol. The largest absolute Gasteiger partial charge is 0.359 e. The van der Waals surface area contributed by atoms with Gasteiger partial charge >= 0.3 is 0 Å². The molecule has 1 aliphatic rings. The second-order valence-corrected chi connectivity index (χ2v) is 7.95. The Labute approximate surface area is 177 Å². The molecule has 3 aromatic carbocycles. The Balaban J connectivity index is 1.59. The third-order valence-electron chi connectivity index (χ3n) is 5.95. The molecule has 1 heterocycles. The average Bonchev–Trinajstić information content (AvgIpc) is 3.24. The Morgan fingerprint density at radius 3 is 2.27 bits per heavy atom. The maximum Gasteiger partial charge on any atom is 0.253 e. The maximum atomic E-state index is 13.0. The minimum Gasteiger partial charge on any atom is -0.359 e. The van der Waals surface area contributed by atoms with Gasteiger partial charge in [-0.05, 0) is 41.7 Å². The van der Waals surface area contributed by atoms with Gasteiger partial charge in [0.15, 0.2) is 0 Å². The first-order chi connectivity index (χ1) is 14.6. The average molecular weight is 399 g/mol. The third-order valence-corrected chi connectivity index (χ3v) is 5.95. The van der Waals surface area contributed by atoms with Crippen LogP contribution < -0.4 is 5.32 Å². The number of amides is 2. The summed E-state index contributed by atoms with van der Waals surface area (Å²) < 4.78 is 0. The molecule has 1 N–H and O–H groups in total. The molecule has 3 aromatic rings. The van der Waals surface area contributed by atoms with E-state index < -0.39 is 5.41 Å². The summed E-state index contributed by atoms with van der Waals surface area (Å²) >= 11 is 0. The first-order valence-corrected chi connectivity index (χ1v) is 10.3. The van der Waals surface area contributed by atoms with Gasteiger partial charge in [-0.25, -0.2) is 0 Å². The maximum absolute atomic E-state index is 13.0. The van der Waals surface area contributed by atoms with Gasteiger partial charge < -0.3 is 10.2 Å². The zero-order valence-electron chi connectivity index (χ0n) is 17.2. The van der Waals surface area contributed by atoms with Crippen LogP contribution in [0.25, 0.3) is 11.1 Å². The second kappa shape index (κ2) is 8.54. The van der Waals surface area contributed by atoms with Crippen molar-refractivity contribution in [1.82, 2.24) is 10.2 Å². The minimum absolute atomic E-state index is 0.00373. The van der Waals surface area contributed by atoms with E-state index in [4.69, 9.17) is 0 Å². The number of hydrogen-bond acceptors (Lipinski definition) is 2. The number of nitrogens with one attached hydrogen (secondary N) is 1. The predicted molar refractivity (Wildman–Crippen MR) is 119 cm³/mol. The fourth-order valence-electron chi connectivity index (χ4n) is 4.37. The molecule has 30 heavy (non-hydrogen) atoms. The van der Waals surface area contributed by atoms with Crippen molar-refractivity contribution in [3.8, 4) is 11.1 Å². The quantitative estimate of drug-likeness (QED) is 0.701. The Morgan fingerprint density at radius 2 is 1.57 bits per heavy atom. The highest BCUT2D eigenvalue weighted by atomic mass is 16.2. The van der Waals surface area contributed by atoms with Crippen LogP contribution in [0.3, 0.4) is 0 Å². The van der Waals surface area contributed by atoms with E-state index >= 15 is 0 Å². The van der Waals surface area contributed by atoms with Gasteiger partial charge in [0.05, 0.1) is 5.41 Å². The smallest absolute Gasteiger partial charge is 0.253 e. The monoisotopic (exact) mass is 398 g/mol. The van der Waals surface area contributed by atoms with Crippen LogP contribution >= 0.6 is 0 Å². The van der Waals surface area contributed by atoms with Crippen LogP contribution in [0.5, 0.6) is 0 Å². The van der Waals surface area contributed by atoms with Gasteiger partial charge in [-0.1, -0.05) is 72.8 Å². The first kappa shape index (κ1) is 19.9. The molecule has 152 valence electrons. The molecule has 4 rings (SSSR count). The number of rotatable bonds is 5. The van der Waals surface area contributed by atoms with Gasteiger partial charge in [0.1, 0.15) is 0 Å². The highest BCUT2D eigenvalue weighted by molar-refractivity contribution is 5.95. The number of benzene rings is 3. The van der Waals surface area contributed by atoms with E-state index in [2.05, 4.69) is 35.6 Å². The van der Waals surface area contributed by atoms with E-state index in [0.29, 0.717) is 31.5 Å². The summed E-state index contributed by atoms with van der Waals surface area (Å²) in [6, 6.07) is 27.9. The Bertz CT molecular complexity index is 1030.